The molecular weight excluding hydrogens is 316 g/mol. The van der Waals surface area contributed by atoms with Crippen LogP contribution in [0, 0.1) is 6.92 Å². The molecule has 1 rings (SSSR count). The molecule has 1 N–H and O–H groups in total. The maximum atomic E-state index is 11.8. The van der Waals surface area contributed by atoms with Gasteiger partial charge in [-0.05, 0) is 25.5 Å². The lowest BCUT2D eigenvalue weighted by Gasteiger charge is -2.23. The van der Waals surface area contributed by atoms with Crippen LogP contribution in [0.15, 0.2) is 41.4 Å². The number of aryl methyl sites for hydroxylation is 1. The number of para-hydroxylation sites is 1. The largest absolute Gasteiger partial charge is 0.491 e. The molecule has 0 aromatic heterocycles. The standard InChI is InChI=1S/C19H30N4O2/c1-15(2)13-20-19(21-14-18(24)22(4)5)23(6)11-12-25-17-10-8-7-9-16(17)3/h7-10H,1,11-14H2,2-6H3,(H,20,21). The first-order valence-electron chi connectivity index (χ1n) is 8.33. The van der Waals surface area contributed by atoms with Crippen molar-refractivity contribution in [3.63, 3.8) is 0 Å². The van der Waals surface area contributed by atoms with E-state index in [0.717, 1.165) is 16.9 Å². The van der Waals surface area contributed by atoms with Gasteiger partial charge in [-0.2, -0.15) is 0 Å². The summed E-state index contributed by atoms with van der Waals surface area (Å²) >= 11 is 0. The second-order valence-corrected chi connectivity index (χ2v) is 6.27. The van der Waals surface area contributed by atoms with Crippen LogP contribution in [0.25, 0.3) is 0 Å². The Labute approximate surface area is 151 Å². The first-order chi connectivity index (χ1) is 11.8. The summed E-state index contributed by atoms with van der Waals surface area (Å²) in [5.74, 6) is 1.50. The topological polar surface area (TPSA) is 57.2 Å². The summed E-state index contributed by atoms with van der Waals surface area (Å²) in [7, 11) is 5.36. The molecule has 0 spiro atoms. The molecular formula is C19H30N4O2. The van der Waals surface area contributed by atoms with Crippen LogP contribution < -0.4 is 10.1 Å². The maximum Gasteiger partial charge on any atom is 0.243 e. The van der Waals surface area contributed by atoms with E-state index in [4.69, 9.17) is 4.74 Å². The van der Waals surface area contributed by atoms with E-state index in [-0.39, 0.29) is 12.5 Å². The van der Waals surface area contributed by atoms with Crippen molar-refractivity contribution in [2.45, 2.75) is 13.8 Å². The highest BCUT2D eigenvalue weighted by molar-refractivity contribution is 5.84. The van der Waals surface area contributed by atoms with Crippen molar-refractivity contribution < 1.29 is 9.53 Å². The second kappa shape index (κ2) is 10.4. The number of ether oxygens (including phenoxy) is 1. The Bertz CT molecular complexity index is 611. The molecule has 25 heavy (non-hydrogen) atoms. The molecule has 0 radical (unpaired) electrons. The molecule has 0 saturated carbocycles. The zero-order chi connectivity index (χ0) is 18.8. The minimum absolute atomic E-state index is 0.0424. The molecule has 138 valence electrons. The van der Waals surface area contributed by atoms with Crippen molar-refractivity contribution in [2.24, 2.45) is 4.99 Å². The first kappa shape index (κ1) is 20.5. The van der Waals surface area contributed by atoms with Crippen LogP contribution in [0.4, 0.5) is 0 Å². The molecule has 6 heteroatoms. The number of hydrogen-bond donors (Lipinski definition) is 1. The highest BCUT2D eigenvalue weighted by Crippen LogP contribution is 2.15. The van der Waals surface area contributed by atoms with Gasteiger partial charge in [0.25, 0.3) is 0 Å². The van der Waals surface area contributed by atoms with E-state index >= 15 is 0 Å². The Balaban J connectivity index is 2.63. The van der Waals surface area contributed by atoms with Crippen molar-refractivity contribution in [1.82, 2.24) is 15.1 Å². The summed E-state index contributed by atoms with van der Waals surface area (Å²) < 4.78 is 5.83. The number of hydrogen-bond acceptors (Lipinski definition) is 3. The van der Waals surface area contributed by atoms with Gasteiger partial charge in [-0.25, -0.2) is 4.99 Å². The zero-order valence-electron chi connectivity index (χ0n) is 16.0. The normalized spacial score (nSPS) is 11.0. The Hall–Kier alpha value is -2.50. The third-order valence-corrected chi connectivity index (χ3v) is 3.55. The van der Waals surface area contributed by atoms with E-state index in [1.165, 1.54) is 4.90 Å². The van der Waals surface area contributed by atoms with E-state index in [9.17, 15) is 4.79 Å². The smallest absolute Gasteiger partial charge is 0.243 e. The molecule has 0 aliphatic rings. The van der Waals surface area contributed by atoms with Gasteiger partial charge in [0, 0.05) is 27.7 Å². The lowest BCUT2D eigenvalue weighted by atomic mass is 10.2. The summed E-state index contributed by atoms with van der Waals surface area (Å²) in [5, 5.41) is 3.22. The number of nitrogens with zero attached hydrogens (tertiary/aromatic N) is 3. The fourth-order valence-corrected chi connectivity index (χ4v) is 1.94. The first-order valence-corrected chi connectivity index (χ1v) is 8.33. The number of amides is 1. The van der Waals surface area contributed by atoms with Crippen LogP contribution in [0.3, 0.4) is 0 Å². The fraction of sp³-hybridized carbons (Fsp3) is 0.474. The highest BCUT2D eigenvalue weighted by atomic mass is 16.5. The van der Waals surface area contributed by atoms with Crippen LogP contribution in [-0.2, 0) is 4.79 Å². The van der Waals surface area contributed by atoms with Gasteiger partial charge in [0.15, 0.2) is 5.96 Å². The number of carbonyl (C=O) groups is 1. The van der Waals surface area contributed by atoms with Gasteiger partial charge in [-0.15, -0.1) is 0 Å². The Morgan fingerprint density at radius 1 is 1.28 bits per heavy atom. The van der Waals surface area contributed by atoms with Gasteiger partial charge in [0.1, 0.15) is 18.9 Å². The van der Waals surface area contributed by atoms with E-state index in [2.05, 4.69) is 16.9 Å². The molecule has 0 aliphatic carbocycles. The number of nitrogens with one attached hydrogen (secondary N) is 1. The van der Waals surface area contributed by atoms with Crippen molar-refractivity contribution in [2.75, 3.05) is 47.4 Å². The molecule has 0 fully saturated rings. The number of rotatable bonds is 8. The molecule has 0 heterocycles. The third kappa shape index (κ3) is 7.74. The van der Waals surface area contributed by atoms with E-state index in [1.807, 2.05) is 50.1 Å². The average molecular weight is 346 g/mol. The van der Waals surface area contributed by atoms with Crippen molar-refractivity contribution in [3.8, 4) is 5.75 Å². The van der Waals surface area contributed by atoms with Gasteiger partial charge in [-0.1, -0.05) is 30.4 Å². The number of carbonyl (C=O) groups excluding carboxylic acids is 1. The van der Waals surface area contributed by atoms with Crippen molar-refractivity contribution in [3.05, 3.63) is 42.0 Å². The Morgan fingerprint density at radius 3 is 2.56 bits per heavy atom. The molecule has 1 aromatic rings. The number of benzene rings is 1. The number of guanidine groups is 1. The number of aliphatic imine (C=N–C) groups is 1. The minimum Gasteiger partial charge on any atom is -0.491 e. The van der Waals surface area contributed by atoms with E-state index in [0.29, 0.717) is 25.7 Å². The second-order valence-electron chi connectivity index (χ2n) is 6.27. The van der Waals surface area contributed by atoms with Crippen LogP contribution in [0.1, 0.15) is 12.5 Å². The summed E-state index contributed by atoms with van der Waals surface area (Å²) in [5.41, 5.74) is 2.10. The lowest BCUT2D eigenvalue weighted by molar-refractivity contribution is -0.127. The molecule has 1 amide bonds. The fourth-order valence-electron chi connectivity index (χ4n) is 1.94. The van der Waals surface area contributed by atoms with E-state index < -0.39 is 0 Å². The number of likely N-dealkylation sites (N-methyl/N-ethyl adjacent to an activating group) is 2. The van der Waals surface area contributed by atoms with Gasteiger partial charge < -0.3 is 19.9 Å². The molecule has 6 nitrogen and oxygen atoms in total. The summed E-state index contributed by atoms with van der Waals surface area (Å²) in [4.78, 5) is 19.7. The minimum atomic E-state index is -0.0424. The summed E-state index contributed by atoms with van der Waals surface area (Å²) in [6.45, 7) is 9.73. The lowest BCUT2D eigenvalue weighted by Crippen LogP contribution is -2.42. The Morgan fingerprint density at radius 2 is 1.96 bits per heavy atom. The highest BCUT2D eigenvalue weighted by Gasteiger charge is 2.09. The van der Waals surface area contributed by atoms with Crippen LogP contribution in [0.2, 0.25) is 0 Å². The molecule has 0 unspecified atom stereocenters. The van der Waals surface area contributed by atoms with Crippen LogP contribution in [0.5, 0.6) is 5.75 Å². The zero-order valence-corrected chi connectivity index (χ0v) is 16.0. The molecule has 0 saturated heterocycles. The SMILES string of the molecule is C=C(C)CNC(=NCC(=O)N(C)C)N(C)CCOc1ccccc1C. The van der Waals surface area contributed by atoms with Gasteiger partial charge in [0.05, 0.1) is 6.54 Å². The summed E-state index contributed by atoms with van der Waals surface area (Å²) in [6, 6.07) is 7.93. The van der Waals surface area contributed by atoms with Gasteiger partial charge in [0.2, 0.25) is 5.91 Å². The van der Waals surface area contributed by atoms with Crippen molar-refractivity contribution >= 4 is 11.9 Å². The third-order valence-electron chi connectivity index (χ3n) is 3.55. The molecule has 0 atom stereocenters. The predicted molar refractivity (Wildman–Crippen MR) is 103 cm³/mol. The van der Waals surface area contributed by atoms with Crippen LogP contribution in [-0.4, -0.2) is 69.1 Å². The predicted octanol–water partition coefficient (Wildman–Crippen LogP) is 1.92. The van der Waals surface area contributed by atoms with Gasteiger partial charge in [-0.3, -0.25) is 4.79 Å². The van der Waals surface area contributed by atoms with Gasteiger partial charge >= 0.3 is 0 Å². The molecule has 0 bridgehead atoms. The monoisotopic (exact) mass is 346 g/mol. The Kier molecular flexibility index (Phi) is 8.53. The average Bonchev–Trinajstić information content (AvgIpc) is 2.55. The maximum absolute atomic E-state index is 11.8. The van der Waals surface area contributed by atoms with Crippen LogP contribution >= 0.6 is 0 Å². The van der Waals surface area contributed by atoms with E-state index in [1.54, 1.807) is 14.1 Å². The molecule has 0 aliphatic heterocycles. The van der Waals surface area contributed by atoms with Crippen molar-refractivity contribution in [1.29, 1.82) is 0 Å². The molecule has 1 aromatic carbocycles. The summed E-state index contributed by atoms with van der Waals surface area (Å²) in [6.07, 6.45) is 0. The quantitative estimate of drug-likeness (QED) is 0.444.